The Morgan fingerprint density at radius 1 is 1.10 bits per heavy atom. The molecule has 0 heterocycles. The van der Waals surface area contributed by atoms with Crippen LogP contribution in [-0.2, 0) is 14.9 Å². The van der Waals surface area contributed by atoms with Crippen molar-refractivity contribution in [2.75, 3.05) is 26.9 Å². The lowest BCUT2D eigenvalue weighted by atomic mass is 9.86. The van der Waals surface area contributed by atoms with Crippen molar-refractivity contribution in [3.05, 3.63) is 35.4 Å². The normalized spacial score (nSPS) is 15.0. The van der Waals surface area contributed by atoms with Crippen molar-refractivity contribution in [1.82, 2.24) is 5.32 Å². The number of hydrogen-bond donors (Lipinski definition) is 1. The topological polar surface area (TPSA) is 30.5 Å². The van der Waals surface area contributed by atoms with E-state index < -0.39 is 0 Å². The Bertz CT molecular complexity index is 395. The number of nitrogens with one attached hydrogen (secondary N) is 1. The van der Waals surface area contributed by atoms with E-state index >= 15 is 0 Å². The summed E-state index contributed by atoms with van der Waals surface area (Å²) in [6.45, 7) is 13.1. The fourth-order valence-electron chi connectivity index (χ4n) is 2.28. The molecule has 0 saturated heterocycles. The van der Waals surface area contributed by atoms with E-state index in [4.69, 9.17) is 9.47 Å². The SMILES string of the molecule is CCNC(COC(C)COC)c1ccc(C(C)(C)C)cc1. The van der Waals surface area contributed by atoms with Gasteiger partial charge in [-0.3, -0.25) is 0 Å². The summed E-state index contributed by atoms with van der Waals surface area (Å²) < 4.78 is 11.0. The molecule has 1 rings (SSSR count). The molecule has 0 aliphatic carbocycles. The highest BCUT2D eigenvalue weighted by molar-refractivity contribution is 5.29. The monoisotopic (exact) mass is 293 g/mol. The van der Waals surface area contributed by atoms with Crippen LogP contribution in [0.5, 0.6) is 0 Å². The third-order valence-electron chi connectivity index (χ3n) is 3.58. The molecule has 1 N–H and O–H groups in total. The largest absolute Gasteiger partial charge is 0.382 e. The summed E-state index contributed by atoms with van der Waals surface area (Å²) in [5.41, 5.74) is 2.82. The first-order chi connectivity index (χ1) is 9.88. The first kappa shape index (κ1) is 18.1. The Balaban J connectivity index is 2.71. The molecular weight excluding hydrogens is 262 g/mol. The van der Waals surface area contributed by atoms with Gasteiger partial charge in [-0.15, -0.1) is 0 Å². The highest BCUT2D eigenvalue weighted by atomic mass is 16.5. The van der Waals surface area contributed by atoms with Gasteiger partial charge in [0.1, 0.15) is 0 Å². The number of hydrogen-bond acceptors (Lipinski definition) is 3. The van der Waals surface area contributed by atoms with Crippen LogP contribution in [0.1, 0.15) is 51.8 Å². The van der Waals surface area contributed by atoms with E-state index in [1.54, 1.807) is 7.11 Å². The van der Waals surface area contributed by atoms with Crippen LogP contribution in [0.2, 0.25) is 0 Å². The molecule has 0 aliphatic heterocycles. The van der Waals surface area contributed by atoms with Gasteiger partial charge in [-0.05, 0) is 30.0 Å². The van der Waals surface area contributed by atoms with Gasteiger partial charge >= 0.3 is 0 Å². The molecule has 21 heavy (non-hydrogen) atoms. The molecular formula is C18H31NO2. The second-order valence-corrected chi connectivity index (χ2v) is 6.58. The number of ether oxygens (including phenoxy) is 2. The molecule has 120 valence electrons. The number of methoxy groups -OCH3 is 1. The maximum absolute atomic E-state index is 5.86. The summed E-state index contributed by atoms with van der Waals surface area (Å²) in [5.74, 6) is 0. The number of benzene rings is 1. The molecule has 2 unspecified atom stereocenters. The predicted octanol–water partition coefficient (Wildman–Crippen LogP) is 3.69. The van der Waals surface area contributed by atoms with Crippen LogP contribution in [0.4, 0.5) is 0 Å². The van der Waals surface area contributed by atoms with E-state index in [1.807, 2.05) is 6.92 Å². The number of rotatable bonds is 8. The summed E-state index contributed by atoms with van der Waals surface area (Å²) in [4.78, 5) is 0. The van der Waals surface area contributed by atoms with Crippen LogP contribution >= 0.6 is 0 Å². The molecule has 3 heteroatoms. The molecule has 0 amide bonds. The van der Waals surface area contributed by atoms with E-state index in [9.17, 15) is 0 Å². The van der Waals surface area contributed by atoms with E-state index in [-0.39, 0.29) is 17.6 Å². The minimum atomic E-state index is 0.116. The van der Waals surface area contributed by atoms with Gasteiger partial charge in [-0.25, -0.2) is 0 Å². The summed E-state index contributed by atoms with van der Waals surface area (Å²) in [5, 5.41) is 3.49. The third-order valence-corrected chi connectivity index (χ3v) is 3.58. The Labute approximate surface area is 130 Å². The fraction of sp³-hybridized carbons (Fsp3) is 0.667. The average molecular weight is 293 g/mol. The van der Waals surface area contributed by atoms with Crippen LogP contribution < -0.4 is 5.32 Å². The molecule has 0 spiro atoms. The zero-order valence-electron chi connectivity index (χ0n) is 14.4. The zero-order chi connectivity index (χ0) is 15.9. The smallest absolute Gasteiger partial charge is 0.0781 e. The molecule has 0 bridgehead atoms. The Hall–Kier alpha value is -0.900. The van der Waals surface area contributed by atoms with Crippen LogP contribution in [0.3, 0.4) is 0 Å². The van der Waals surface area contributed by atoms with Crippen LogP contribution in [0.25, 0.3) is 0 Å². The summed E-state index contributed by atoms with van der Waals surface area (Å²) in [6, 6.07) is 9.08. The molecule has 0 saturated carbocycles. The van der Waals surface area contributed by atoms with E-state index in [0.29, 0.717) is 13.2 Å². The lowest BCUT2D eigenvalue weighted by molar-refractivity contribution is -0.000386. The molecule has 1 aromatic rings. The van der Waals surface area contributed by atoms with Crippen molar-refractivity contribution < 1.29 is 9.47 Å². The first-order valence-electron chi connectivity index (χ1n) is 7.82. The van der Waals surface area contributed by atoms with E-state index in [2.05, 4.69) is 57.3 Å². The highest BCUT2D eigenvalue weighted by Gasteiger charge is 2.16. The predicted molar refractivity (Wildman–Crippen MR) is 88.8 cm³/mol. The highest BCUT2D eigenvalue weighted by Crippen LogP contribution is 2.24. The summed E-state index contributed by atoms with van der Waals surface area (Å²) in [7, 11) is 1.70. The number of likely N-dealkylation sites (N-methyl/N-ethyl adjacent to an activating group) is 1. The van der Waals surface area contributed by atoms with Gasteiger partial charge in [-0.2, -0.15) is 0 Å². The van der Waals surface area contributed by atoms with Gasteiger partial charge in [0.05, 0.1) is 25.4 Å². The lowest BCUT2D eigenvalue weighted by Crippen LogP contribution is -2.28. The molecule has 2 atom stereocenters. The van der Waals surface area contributed by atoms with Crippen molar-refractivity contribution in [2.24, 2.45) is 0 Å². The van der Waals surface area contributed by atoms with Crippen molar-refractivity contribution in [1.29, 1.82) is 0 Å². The quantitative estimate of drug-likeness (QED) is 0.793. The maximum atomic E-state index is 5.86. The third kappa shape index (κ3) is 6.16. The van der Waals surface area contributed by atoms with Crippen molar-refractivity contribution in [3.63, 3.8) is 0 Å². The van der Waals surface area contributed by atoms with Crippen molar-refractivity contribution >= 4 is 0 Å². The molecule has 3 nitrogen and oxygen atoms in total. The maximum Gasteiger partial charge on any atom is 0.0781 e. The van der Waals surface area contributed by atoms with Crippen LogP contribution in [0, 0.1) is 0 Å². The molecule has 1 aromatic carbocycles. The van der Waals surface area contributed by atoms with Gasteiger partial charge in [0.2, 0.25) is 0 Å². The van der Waals surface area contributed by atoms with Gasteiger partial charge in [0.25, 0.3) is 0 Å². The minimum Gasteiger partial charge on any atom is -0.382 e. The summed E-state index contributed by atoms with van der Waals surface area (Å²) in [6.07, 6.45) is 0.116. The molecule has 0 radical (unpaired) electrons. The molecule has 0 aliphatic rings. The second kappa shape index (κ2) is 8.52. The zero-order valence-corrected chi connectivity index (χ0v) is 14.4. The minimum absolute atomic E-state index is 0.116. The van der Waals surface area contributed by atoms with Crippen molar-refractivity contribution in [3.8, 4) is 0 Å². The summed E-state index contributed by atoms with van der Waals surface area (Å²) >= 11 is 0. The fourth-order valence-corrected chi connectivity index (χ4v) is 2.28. The van der Waals surface area contributed by atoms with E-state index in [0.717, 1.165) is 6.54 Å². The molecule has 0 fully saturated rings. The van der Waals surface area contributed by atoms with Gasteiger partial charge in [0, 0.05) is 7.11 Å². The van der Waals surface area contributed by atoms with Crippen LogP contribution in [0.15, 0.2) is 24.3 Å². The van der Waals surface area contributed by atoms with Crippen molar-refractivity contribution in [2.45, 2.75) is 52.2 Å². The average Bonchev–Trinajstić information content (AvgIpc) is 2.43. The van der Waals surface area contributed by atoms with E-state index in [1.165, 1.54) is 11.1 Å². The Kier molecular flexibility index (Phi) is 7.36. The standard InChI is InChI=1S/C18H31NO2/c1-7-19-17(13-21-14(2)12-20-6)15-8-10-16(11-9-15)18(3,4)5/h8-11,14,17,19H,7,12-13H2,1-6H3. The van der Waals surface area contributed by atoms with Gasteiger partial charge < -0.3 is 14.8 Å². The van der Waals surface area contributed by atoms with Gasteiger partial charge in [0.15, 0.2) is 0 Å². The van der Waals surface area contributed by atoms with Gasteiger partial charge in [-0.1, -0.05) is 52.0 Å². The van der Waals surface area contributed by atoms with Crippen LogP contribution in [-0.4, -0.2) is 33.0 Å². The second-order valence-electron chi connectivity index (χ2n) is 6.58. The Morgan fingerprint density at radius 3 is 2.19 bits per heavy atom. The Morgan fingerprint density at radius 2 is 1.71 bits per heavy atom. The molecule has 0 aromatic heterocycles. The lowest BCUT2D eigenvalue weighted by Gasteiger charge is -2.23. The first-order valence-corrected chi connectivity index (χ1v) is 7.82.